The Morgan fingerprint density at radius 2 is 2.05 bits per heavy atom. The van der Waals surface area contributed by atoms with E-state index in [-0.39, 0.29) is 18.9 Å². The van der Waals surface area contributed by atoms with E-state index in [1.54, 1.807) is 33.3 Å². The number of carbonyl (C=O) groups excluding carboxylic acids is 1. The molecule has 1 unspecified atom stereocenters. The van der Waals surface area contributed by atoms with Crippen LogP contribution in [0.2, 0.25) is 5.02 Å². The van der Waals surface area contributed by atoms with Gasteiger partial charge in [-0.1, -0.05) is 30.7 Å². The number of hydrogen-bond acceptors (Lipinski definition) is 7. The maximum absolute atomic E-state index is 14.4. The van der Waals surface area contributed by atoms with Gasteiger partial charge in [0.15, 0.2) is 11.2 Å². The Morgan fingerprint density at radius 1 is 1.24 bits per heavy atom. The second-order valence-electron chi connectivity index (χ2n) is 10.5. The van der Waals surface area contributed by atoms with Crippen molar-refractivity contribution in [3.05, 3.63) is 76.4 Å². The van der Waals surface area contributed by atoms with Crippen LogP contribution in [0.15, 0.2) is 54.4 Å². The minimum Gasteiger partial charge on any atom is -0.378 e. The van der Waals surface area contributed by atoms with Crippen molar-refractivity contribution in [2.24, 2.45) is 0 Å². The molecular formula is C30H29ClFN7O2S. The number of nitrogens with one attached hydrogen (secondary N) is 1. The summed E-state index contributed by atoms with van der Waals surface area (Å²) in [6, 6.07) is 9.54. The zero-order valence-electron chi connectivity index (χ0n) is 23.0. The number of halogens is 2. The lowest BCUT2D eigenvalue weighted by molar-refractivity contribution is -0.118. The lowest BCUT2D eigenvalue weighted by atomic mass is 9.95. The van der Waals surface area contributed by atoms with Crippen LogP contribution in [-0.4, -0.2) is 62.7 Å². The Morgan fingerprint density at radius 3 is 2.79 bits per heavy atom. The van der Waals surface area contributed by atoms with E-state index in [2.05, 4.69) is 51.4 Å². The SMILES string of the molecule is CCc1c(-c2ccc(N3CCOCC3)cc2)cc(Cl)c2cn(C(C(=O)Nc3nccs3)c3ncn4c3C[C@@H](F)C4)nc12. The third-order valence-corrected chi connectivity index (χ3v) is 9.00. The van der Waals surface area contributed by atoms with Crippen molar-refractivity contribution >= 4 is 50.6 Å². The number of benzene rings is 2. The van der Waals surface area contributed by atoms with Crippen LogP contribution < -0.4 is 10.2 Å². The zero-order chi connectivity index (χ0) is 28.8. The summed E-state index contributed by atoms with van der Waals surface area (Å²) in [5, 5.41) is 11.4. The maximum Gasteiger partial charge on any atom is 0.257 e. The van der Waals surface area contributed by atoms with Gasteiger partial charge in [0.05, 0.1) is 42.3 Å². The topological polar surface area (TPSA) is 90.1 Å². The number of anilines is 2. The molecule has 9 nitrogen and oxygen atoms in total. The molecule has 0 aliphatic carbocycles. The van der Waals surface area contributed by atoms with E-state index in [1.807, 2.05) is 6.07 Å². The molecule has 2 aliphatic rings. The third-order valence-electron chi connectivity index (χ3n) is 8.00. The normalized spacial score (nSPS) is 17.5. The highest BCUT2D eigenvalue weighted by molar-refractivity contribution is 7.13. The molecule has 5 heterocycles. The molecule has 1 amide bonds. The van der Waals surface area contributed by atoms with E-state index in [0.717, 1.165) is 59.6 Å². The lowest BCUT2D eigenvalue weighted by Crippen LogP contribution is -2.36. The number of ether oxygens (including phenoxy) is 1. The van der Waals surface area contributed by atoms with Crippen LogP contribution >= 0.6 is 22.9 Å². The fourth-order valence-electron chi connectivity index (χ4n) is 5.98. The molecule has 0 spiro atoms. The average molecular weight is 606 g/mol. The molecule has 12 heteroatoms. The maximum atomic E-state index is 14.4. The molecule has 2 aliphatic heterocycles. The van der Waals surface area contributed by atoms with Gasteiger partial charge in [-0.15, -0.1) is 11.3 Å². The van der Waals surface area contributed by atoms with Gasteiger partial charge in [0.2, 0.25) is 0 Å². The summed E-state index contributed by atoms with van der Waals surface area (Å²) in [5.41, 5.74) is 6.14. The number of aromatic nitrogens is 5. The summed E-state index contributed by atoms with van der Waals surface area (Å²) < 4.78 is 23.2. The third kappa shape index (κ3) is 4.85. The monoisotopic (exact) mass is 605 g/mol. The molecule has 42 heavy (non-hydrogen) atoms. The van der Waals surface area contributed by atoms with Gasteiger partial charge in [0, 0.05) is 54.1 Å². The highest BCUT2D eigenvalue weighted by Gasteiger charge is 2.34. The van der Waals surface area contributed by atoms with E-state index in [1.165, 1.54) is 11.3 Å². The number of aryl methyl sites for hydroxylation is 1. The van der Waals surface area contributed by atoms with Crippen LogP contribution in [0.3, 0.4) is 0 Å². The van der Waals surface area contributed by atoms with Crippen molar-refractivity contribution < 1.29 is 13.9 Å². The minimum absolute atomic E-state index is 0.197. The van der Waals surface area contributed by atoms with Crippen molar-refractivity contribution in [3.63, 3.8) is 0 Å². The van der Waals surface area contributed by atoms with Gasteiger partial charge in [-0.05, 0) is 41.3 Å². The molecule has 1 N–H and O–H groups in total. The molecular weight excluding hydrogens is 577 g/mol. The molecule has 1 fully saturated rings. The number of fused-ring (bicyclic) bond motifs is 2. The number of amides is 1. The number of alkyl halides is 1. The molecule has 2 aromatic carbocycles. The van der Waals surface area contributed by atoms with Gasteiger partial charge in [0.25, 0.3) is 5.91 Å². The molecule has 3 aromatic heterocycles. The van der Waals surface area contributed by atoms with Gasteiger partial charge >= 0.3 is 0 Å². The molecule has 1 saturated heterocycles. The van der Waals surface area contributed by atoms with Gasteiger partial charge in [-0.3, -0.25) is 14.8 Å². The summed E-state index contributed by atoms with van der Waals surface area (Å²) in [6.07, 6.45) is 4.91. The van der Waals surface area contributed by atoms with Crippen molar-refractivity contribution in [1.29, 1.82) is 0 Å². The van der Waals surface area contributed by atoms with Crippen molar-refractivity contribution in [1.82, 2.24) is 24.3 Å². The second kappa shape index (κ2) is 11.1. The highest BCUT2D eigenvalue weighted by atomic mass is 35.5. The number of imidazole rings is 1. The van der Waals surface area contributed by atoms with Gasteiger partial charge in [-0.25, -0.2) is 14.4 Å². The van der Waals surface area contributed by atoms with Gasteiger partial charge < -0.3 is 14.2 Å². The molecule has 0 radical (unpaired) electrons. The standard InChI is InChI=1S/C30H29ClFN7O2S/c1-2-21-22(18-3-5-20(6-4-18)37-8-10-41-11-9-37)14-24(31)23-16-39(36-26(21)23)28(29(40)35-30-33-7-12-42-30)27-25-13-19(32)15-38(25)17-34-27/h3-7,12,14,16-17,19,28H,2,8-11,13,15H2,1H3,(H,33,35,40)/t19-,28?/m1/s1. The smallest absolute Gasteiger partial charge is 0.257 e. The average Bonchev–Trinajstić information content (AvgIpc) is 3.81. The van der Waals surface area contributed by atoms with Crippen LogP contribution in [0.5, 0.6) is 0 Å². The minimum atomic E-state index is -1.01. The van der Waals surface area contributed by atoms with E-state index < -0.39 is 12.2 Å². The van der Waals surface area contributed by atoms with E-state index in [4.69, 9.17) is 21.4 Å². The Hall–Kier alpha value is -3.80. The first kappa shape index (κ1) is 27.1. The van der Waals surface area contributed by atoms with Crippen molar-refractivity contribution in [2.45, 2.75) is 38.5 Å². The molecule has 5 aromatic rings. The summed E-state index contributed by atoms with van der Waals surface area (Å²) in [6.45, 7) is 5.52. The Bertz CT molecular complexity index is 1750. The number of rotatable bonds is 7. The van der Waals surface area contributed by atoms with Crippen LogP contribution in [0, 0.1) is 0 Å². The number of thiazole rings is 1. The van der Waals surface area contributed by atoms with Crippen molar-refractivity contribution in [2.75, 3.05) is 36.5 Å². The van der Waals surface area contributed by atoms with E-state index in [0.29, 0.717) is 28.0 Å². The first-order valence-electron chi connectivity index (χ1n) is 14.0. The number of hydrogen-bond donors (Lipinski definition) is 1. The quantitative estimate of drug-likeness (QED) is 0.262. The molecule has 0 saturated carbocycles. The lowest BCUT2D eigenvalue weighted by Gasteiger charge is -2.29. The predicted molar refractivity (Wildman–Crippen MR) is 162 cm³/mol. The van der Waals surface area contributed by atoms with Gasteiger partial charge in [-0.2, -0.15) is 5.10 Å². The number of morpholine rings is 1. The number of nitrogens with zero attached hydrogens (tertiary/aromatic N) is 6. The highest BCUT2D eigenvalue weighted by Crippen LogP contribution is 2.38. The Kier molecular flexibility index (Phi) is 7.17. The summed E-state index contributed by atoms with van der Waals surface area (Å²) in [4.78, 5) is 24.8. The first-order valence-corrected chi connectivity index (χ1v) is 15.3. The second-order valence-corrected chi connectivity index (χ2v) is 11.8. The predicted octanol–water partition coefficient (Wildman–Crippen LogP) is 5.53. The molecule has 216 valence electrons. The fourth-order valence-corrected chi connectivity index (χ4v) is 6.76. The largest absolute Gasteiger partial charge is 0.378 e. The molecule has 2 atom stereocenters. The van der Waals surface area contributed by atoms with Crippen LogP contribution in [0.25, 0.3) is 22.0 Å². The van der Waals surface area contributed by atoms with E-state index >= 15 is 0 Å². The van der Waals surface area contributed by atoms with E-state index in [9.17, 15) is 9.18 Å². The van der Waals surface area contributed by atoms with Crippen molar-refractivity contribution in [3.8, 4) is 11.1 Å². The Labute approximate surface area is 250 Å². The first-order chi connectivity index (χ1) is 20.5. The fraction of sp³-hybridized carbons (Fsp3) is 0.333. The van der Waals surface area contributed by atoms with Gasteiger partial charge in [0.1, 0.15) is 6.17 Å². The van der Waals surface area contributed by atoms with Crippen LogP contribution in [0.4, 0.5) is 15.2 Å². The Balaban J connectivity index is 1.30. The molecule has 0 bridgehead atoms. The summed E-state index contributed by atoms with van der Waals surface area (Å²) >= 11 is 8.21. The molecule has 7 rings (SSSR count). The zero-order valence-corrected chi connectivity index (χ0v) is 24.5. The van der Waals surface area contributed by atoms with Crippen LogP contribution in [-0.2, 0) is 28.9 Å². The number of carbonyl (C=O) groups is 1. The van der Waals surface area contributed by atoms with Crippen LogP contribution in [0.1, 0.15) is 29.9 Å². The summed E-state index contributed by atoms with van der Waals surface area (Å²) in [7, 11) is 0. The summed E-state index contributed by atoms with van der Waals surface area (Å²) in [5.74, 6) is -0.352.